The molecule has 0 saturated carbocycles. The fraction of sp³-hybridized carbons (Fsp3) is 0.588. The molecule has 7 nitrogen and oxygen atoms in total. The summed E-state index contributed by atoms with van der Waals surface area (Å²) in [5.41, 5.74) is 1.39. The third-order valence-corrected chi connectivity index (χ3v) is 8.70. The smallest absolute Gasteiger partial charge is 0.243 e. The van der Waals surface area contributed by atoms with E-state index < -0.39 is 29.8 Å². The molecule has 2 saturated heterocycles. The minimum absolute atomic E-state index is 0.000615. The number of ether oxygens (including phenoxy) is 1. The summed E-state index contributed by atoms with van der Waals surface area (Å²) in [4.78, 5) is 29.2. The van der Waals surface area contributed by atoms with Crippen molar-refractivity contribution >= 4 is 11.8 Å². The molecule has 2 aromatic carbocycles. The number of aliphatic hydroxyl groups is 1. The topological polar surface area (TPSA) is 90.9 Å². The zero-order valence-electron chi connectivity index (χ0n) is 25.4. The molecule has 2 amide bonds. The SMILES string of the molecule is CCCC[C@H]1CCN(C(CCc2ccccc2)C(=O)N[C@@H](Cc2cc(F)cc(F)c2)[C@H](O)C2C[C@@H](OCCC)CN2)C1=O. The van der Waals surface area contributed by atoms with E-state index >= 15 is 0 Å². The molecule has 43 heavy (non-hydrogen) atoms. The van der Waals surface area contributed by atoms with Gasteiger partial charge in [-0.05, 0) is 68.2 Å². The van der Waals surface area contributed by atoms with Crippen molar-refractivity contribution < 1.29 is 28.2 Å². The fourth-order valence-electron chi connectivity index (χ4n) is 6.37. The van der Waals surface area contributed by atoms with Crippen LogP contribution in [0.25, 0.3) is 0 Å². The van der Waals surface area contributed by atoms with E-state index in [0.717, 1.165) is 37.3 Å². The minimum Gasteiger partial charge on any atom is -0.389 e. The van der Waals surface area contributed by atoms with Gasteiger partial charge in [0.2, 0.25) is 11.8 Å². The maximum absolute atomic E-state index is 14.1. The second-order valence-electron chi connectivity index (χ2n) is 12.0. The van der Waals surface area contributed by atoms with Crippen LogP contribution < -0.4 is 10.6 Å². The molecular weight excluding hydrogens is 552 g/mol. The Balaban J connectivity index is 1.55. The summed E-state index contributed by atoms with van der Waals surface area (Å²) in [6, 6.07) is 11.1. The van der Waals surface area contributed by atoms with Crippen LogP contribution >= 0.6 is 0 Å². The summed E-state index contributed by atoms with van der Waals surface area (Å²) in [6.07, 6.45) is 4.85. The van der Waals surface area contributed by atoms with Crippen LogP contribution in [-0.2, 0) is 27.2 Å². The van der Waals surface area contributed by atoms with E-state index in [4.69, 9.17) is 4.74 Å². The van der Waals surface area contributed by atoms with Crippen molar-refractivity contribution in [2.75, 3.05) is 19.7 Å². The number of likely N-dealkylation sites (tertiary alicyclic amines) is 1. The summed E-state index contributed by atoms with van der Waals surface area (Å²) < 4.78 is 34.1. The number of nitrogens with one attached hydrogen (secondary N) is 2. The van der Waals surface area contributed by atoms with Gasteiger partial charge in [-0.15, -0.1) is 0 Å². The Morgan fingerprint density at radius 1 is 1.12 bits per heavy atom. The standard InChI is InChI=1S/C34H47F2N3O4/c1-3-5-11-25-14-15-39(34(25)42)31(13-12-23-9-7-6-8-10-23)33(41)38-30(19-24-17-26(35)20-27(36)18-24)32(40)29-21-28(22-37-29)43-16-4-2/h6-10,17-18,20,25,28-32,37,40H,3-5,11-16,19,21-22H2,1-2H3,(H,38,41)/t25-,28+,29?,30-,31?,32+/m0/s1. The number of carbonyl (C=O) groups excluding carboxylic acids is 2. The predicted molar refractivity (Wildman–Crippen MR) is 162 cm³/mol. The number of hydrogen-bond donors (Lipinski definition) is 3. The summed E-state index contributed by atoms with van der Waals surface area (Å²) in [6.45, 7) is 5.82. The number of carbonyl (C=O) groups is 2. The maximum atomic E-state index is 14.1. The fourth-order valence-corrected chi connectivity index (χ4v) is 6.37. The first kappa shape index (κ1) is 33.0. The van der Waals surface area contributed by atoms with Gasteiger partial charge in [-0.25, -0.2) is 8.78 Å². The van der Waals surface area contributed by atoms with Gasteiger partial charge in [0.1, 0.15) is 17.7 Å². The van der Waals surface area contributed by atoms with Gasteiger partial charge in [-0.3, -0.25) is 9.59 Å². The van der Waals surface area contributed by atoms with Crippen molar-refractivity contribution in [1.29, 1.82) is 0 Å². The van der Waals surface area contributed by atoms with Crippen molar-refractivity contribution in [2.24, 2.45) is 5.92 Å². The predicted octanol–water partition coefficient (Wildman–Crippen LogP) is 4.55. The quantitative estimate of drug-likeness (QED) is 0.264. The van der Waals surface area contributed by atoms with Crippen LogP contribution in [0.5, 0.6) is 0 Å². The lowest BCUT2D eigenvalue weighted by atomic mass is 9.94. The Hall–Kier alpha value is -2.88. The van der Waals surface area contributed by atoms with Crippen LogP contribution in [0, 0.1) is 17.6 Å². The lowest BCUT2D eigenvalue weighted by molar-refractivity contribution is -0.140. The number of aliphatic hydroxyl groups excluding tert-OH is 1. The summed E-state index contributed by atoms with van der Waals surface area (Å²) in [7, 11) is 0. The second-order valence-corrected chi connectivity index (χ2v) is 12.0. The number of aryl methyl sites for hydroxylation is 1. The van der Waals surface area contributed by atoms with Crippen molar-refractivity contribution in [3.8, 4) is 0 Å². The van der Waals surface area contributed by atoms with Crippen molar-refractivity contribution in [1.82, 2.24) is 15.5 Å². The zero-order valence-corrected chi connectivity index (χ0v) is 25.4. The van der Waals surface area contributed by atoms with Crippen LogP contribution in [-0.4, -0.2) is 71.9 Å². The zero-order chi connectivity index (χ0) is 30.8. The number of nitrogens with zero attached hydrogens (tertiary/aromatic N) is 1. The Labute approximate surface area is 254 Å². The molecule has 2 aliphatic heterocycles. The molecule has 0 aliphatic carbocycles. The van der Waals surface area contributed by atoms with Crippen LogP contribution in [0.15, 0.2) is 48.5 Å². The Morgan fingerprint density at radius 3 is 2.56 bits per heavy atom. The number of halogens is 2. The highest BCUT2D eigenvalue weighted by atomic mass is 19.1. The number of rotatable bonds is 16. The third-order valence-electron chi connectivity index (χ3n) is 8.70. The molecule has 6 atom stereocenters. The van der Waals surface area contributed by atoms with E-state index in [1.165, 1.54) is 12.1 Å². The molecular formula is C34H47F2N3O4. The molecule has 2 heterocycles. The van der Waals surface area contributed by atoms with Crippen molar-refractivity contribution in [2.45, 2.75) is 102 Å². The molecule has 0 radical (unpaired) electrons. The maximum Gasteiger partial charge on any atom is 0.243 e. The number of benzene rings is 2. The highest BCUT2D eigenvalue weighted by Crippen LogP contribution is 2.27. The molecule has 0 aromatic heterocycles. The lowest BCUT2D eigenvalue weighted by Gasteiger charge is -2.33. The van der Waals surface area contributed by atoms with E-state index in [0.29, 0.717) is 50.9 Å². The monoisotopic (exact) mass is 599 g/mol. The van der Waals surface area contributed by atoms with Crippen LogP contribution in [0.4, 0.5) is 8.78 Å². The van der Waals surface area contributed by atoms with E-state index in [2.05, 4.69) is 17.6 Å². The normalized spacial score (nSPS) is 22.5. The average Bonchev–Trinajstić information content (AvgIpc) is 3.61. The molecule has 2 aliphatic rings. The molecule has 9 heteroatoms. The first-order valence-corrected chi connectivity index (χ1v) is 15.9. The lowest BCUT2D eigenvalue weighted by Crippen LogP contribution is -2.57. The van der Waals surface area contributed by atoms with Gasteiger partial charge < -0.3 is 25.4 Å². The summed E-state index contributed by atoms with van der Waals surface area (Å²) >= 11 is 0. The Bertz CT molecular complexity index is 1160. The van der Waals surface area contributed by atoms with Gasteiger partial charge in [0, 0.05) is 37.7 Å². The largest absolute Gasteiger partial charge is 0.389 e. The van der Waals surface area contributed by atoms with E-state index in [9.17, 15) is 23.5 Å². The third kappa shape index (κ3) is 9.30. The number of amides is 2. The van der Waals surface area contributed by atoms with Gasteiger partial charge in [0.25, 0.3) is 0 Å². The highest BCUT2D eigenvalue weighted by Gasteiger charge is 2.40. The molecule has 2 aromatic rings. The number of unbranched alkanes of at least 4 members (excludes halogenated alkanes) is 1. The molecule has 236 valence electrons. The van der Waals surface area contributed by atoms with Gasteiger partial charge in [0.15, 0.2) is 0 Å². The molecule has 4 rings (SSSR count). The summed E-state index contributed by atoms with van der Waals surface area (Å²) in [5.74, 6) is -1.89. The van der Waals surface area contributed by atoms with Crippen LogP contribution in [0.1, 0.15) is 69.9 Å². The second kappa shape index (κ2) is 16.3. The van der Waals surface area contributed by atoms with E-state index in [1.54, 1.807) is 4.90 Å². The Morgan fingerprint density at radius 2 is 1.86 bits per heavy atom. The Kier molecular flexibility index (Phi) is 12.5. The van der Waals surface area contributed by atoms with Gasteiger partial charge in [-0.1, -0.05) is 57.0 Å². The molecule has 2 unspecified atom stereocenters. The van der Waals surface area contributed by atoms with E-state index in [-0.39, 0.29) is 36.3 Å². The van der Waals surface area contributed by atoms with E-state index in [1.807, 2.05) is 37.3 Å². The van der Waals surface area contributed by atoms with Gasteiger partial charge >= 0.3 is 0 Å². The average molecular weight is 600 g/mol. The molecule has 0 bridgehead atoms. The van der Waals surface area contributed by atoms with Crippen LogP contribution in [0.3, 0.4) is 0 Å². The molecule has 0 spiro atoms. The van der Waals surface area contributed by atoms with Crippen molar-refractivity contribution in [3.63, 3.8) is 0 Å². The van der Waals surface area contributed by atoms with Crippen LogP contribution in [0.2, 0.25) is 0 Å². The highest BCUT2D eigenvalue weighted by molar-refractivity contribution is 5.89. The molecule has 2 fully saturated rings. The first-order valence-electron chi connectivity index (χ1n) is 15.9. The number of hydrogen-bond acceptors (Lipinski definition) is 5. The van der Waals surface area contributed by atoms with Gasteiger partial charge in [-0.2, -0.15) is 0 Å². The molecule has 3 N–H and O–H groups in total. The van der Waals surface area contributed by atoms with Gasteiger partial charge in [0.05, 0.1) is 18.2 Å². The van der Waals surface area contributed by atoms with Crippen molar-refractivity contribution in [3.05, 3.63) is 71.3 Å². The first-order chi connectivity index (χ1) is 20.8. The summed E-state index contributed by atoms with van der Waals surface area (Å²) in [5, 5.41) is 17.9. The minimum atomic E-state index is -1.05.